The Hall–Kier alpha value is -0.680. The average Bonchev–Trinajstić information content (AvgIpc) is 2.24. The Morgan fingerprint density at radius 1 is 1.35 bits per heavy atom. The topological polar surface area (TPSA) is 51.2 Å². The second kappa shape index (κ2) is 5.78. The van der Waals surface area contributed by atoms with E-state index in [1.165, 1.54) is 6.26 Å². The molecule has 0 N–H and O–H groups in total. The quantitative estimate of drug-likeness (QED) is 0.823. The molecule has 96 valence electrons. The standard InChI is InChI=1S/C12H18O3S2/c1-10-5-4-6-12(9-10)11(2)16(13)7-8-17(3,14)15/h4-6,9,11H,7-8H2,1-3H3. The van der Waals surface area contributed by atoms with E-state index in [0.717, 1.165) is 11.1 Å². The highest BCUT2D eigenvalue weighted by Gasteiger charge is 2.15. The molecule has 0 spiro atoms. The minimum Gasteiger partial charge on any atom is -0.259 e. The van der Waals surface area contributed by atoms with Crippen molar-refractivity contribution in [1.82, 2.24) is 0 Å². The van der Waals surface area contributed by atoms with Gasteiger partial charge in [0.15, 0.2) is 0 Å². The Morgan fingerprint density at radius 2 is 2.00 bits per heavy atom. The van der Waals surface area contributed by atoms with Crippen molar-refractivity contribution in [2.75, 3.05) is 17.8 Å². The molecule has 0 saturated carbocycles. The summed E-state index contributed by atoms with van der Waals surface area (Å²) in [6.07, 6.45) is 1.17. The number of aryl methyl sites for hydroxylation is 1. The molecule has 5 heteroatoms. The predicted molar refractivity (Wildman–Crippen MR) is 72.3 cm³/mol. The second-order valence-electron chi connectivity index (χ2n) is 4.27. The molecule has 0 radical (unpaired) electrons. The van der Waals surface area contributed by atoms with E-state index >= 15 is 0 Å². The van der Waals surface area contributed by atoms with Crippen molar-refractivity contribution in [3.8, 4) is 0 Å². The van der Waals surface area contributed by atoms with Crippen molar-refractivity contribution >= 4 is 20.6 Å². The van der Waals surface area contributed by atoms with Crippen LogP contribution in [0.5, 0.6) is 0 Å². The van der Waals surface area contributed by atoms with Crippen LogP contribution in [-0.2, 0) is 20.6 Å². The van der Waals surface area contributed by atoms with Crippen LogP contribution in [0.4, 0.5) is 0 Å². The van der Waals surface area contributed by atoms with E-state index in [-0.39, 0.29) is 16.8 Å². The number of benzene rings is 1. The number of rotatable bonds is 5. The van der Waals surface area contributed by atoms with E-state index in [1.54, 1.807) is 0 Å². The zero-order valence-corrected chi connectivity index (χ0v) is 12.0. The van der Waals surface area contributed by atoms with E-state index < -0.39 is 20.6 Å². The van der Waals surface area contributed by atoms with Crippen LogP contribution in [0.2, 0.25) is 0 Å². The molecule has 0 bridgehead atoms. The van der Waals surface area contributed by atoms with Gasteiger partial charge in [0.1, 0.15) is 9.84 Å². The molecule has 1 rings (SSSR count). The zero-order chi connectivity index (χ0) is 13.1. The van der Waals surface area contributed by atoms with E-state index in [9.17, 15) is 12.6 Å². The van der Waals surface area contributed by atoms with Gasteiger partial charge in [-0.25, -0.2) is 8.42 Å². The molecule has 2 atom stereocenters. The molecule has 0 heterocycles. The van der Waals surface area contributed by atoms with Crippen LogP contribution in [0.1, 0.15) is 23.3 Å². The minimum absolute atomic E-state index is 0.0181. The maximum absolute atomic E-state index is 11.9. The molecule has 0 aliphatic carbocycles. The van der Waals surface area contributed by atoms with Gasteiger partial charge in [0.2, 0.25) is 0 Å². The van der Waals surface area contributed by atoms with Gasteiger partial charge in [-0.2, -0.15) is 0 Å². The fourth-order valence-electron chi connectivity index (χ4n) is 1.49. The molecular weight excluding hydrogens is 256 g/mol. The highest BCUT2D eigenvalue weighted by atomic mass is 32.2. The van der Waals surface area contributed by atoms with Crippen molar-refractivity contribution in [1.29, 1.82) is 0 Å². The van der Waals surface area contributed by atoms with Crippen LogP contribution in [-0.4, -0.2) is 30.4 Å². The lowest BCUT2D eigenvalue weighted by Gasteiger charge is -2.12. The predicted octanol–water partition coefficient (Wildman–Crippen LogP) is 1.85. The molecule has 0 saturated heterocycles. The third-order valence-corrected chi connectivity index (χ3v) is 5.43. The van der Waals surface area contributed by atoms with Gasteiger partial charge in [0, 0.05) is 22.8 Å². The van der Waals surface area contributed by atoms with Gasteiger partial charge in [-0.3, -0.25) is 4.21 Å². The first kappa shape index (κ1) is 14.4. The number of hydrogen-bond acceptors (Lipinski definition) is 3. The van der Waals surface area contributed by atoms with Gasteiger partial charge >= 0.3 is 0 Å². The molecule has 3 nitrogen and oxygen atoms in total. The summed E-state index contributed by atoms with van der Waals surface area (Å²) in [6, 6.07) is 7.82. The largest absolute Gasteiger partial charge is 0.259 e. The van der Waals surface area contributed by atoms with E-state index in [1.807, 2.05) is 38.1 Å². The highest BCUT2D eigenvalue weighted by molar-refractivity contribution is 7.92. The van der Waals surface area contributed by atoms with Gasteiger partial charge < -0.3 is 0 Å². The molecule has 0 aliphatic heterocycles. The normalized spacial score (nSPS) is 15.5. The minimum atomic E-state index is -3.04. The van der Waals surface area contributed by atoms with Gasteiger partial charge in [-0.15, -0.1) is 0 Å². The third-order valence-electron chi connectivity index (χ3n) is 2.56. The smallest absolute Gasteiger partial charge is 0.148 e. The van der Waals surface area contributed by atoms with Gasteiger partial charge in [-0.1, -0.05) is 29.8 Å². The molecule has 1 aromatic rings. The Kier molecular flexibility index (Phi) is 4.89. The Morgan fingerprint density at radius 3 is 2.53 bits per heavy atom. The summed E-state index contributed by atoms with van der Waals surface area (Å²) in [7, 11) is -4.19. The average molecular weight is 274 g/mol. The van der Waals surface area contributed by atoms with Crippen LogP contribution >= 0.6 is 0 Å². The third kappa shape index (κ3) is 5.00. The summed E-state index contributed by atoms with van der Waals surface area (Å²) in [6.45, 7) is 3.85. The first-order valence-electron chi connectivity index (χ1n) is 5.41. The fraction of sp³-hybridized carbons (Fsp3) is 0.500. The van der Waals surface area contributed by atoms with Crippen LogP contribution < -0.4 is 0 Å². The van der Waals surface area contributed by atoms with Crippen molar-refractivity contribution in [3.05, 3.63) is 35.4 Å². The molecular formula is C12H18O3S2. The summed E-state index contributed by atoms with van der Waals surface area (Å²) < 4.78 is 34.0. The summed E-state index contributed by atoms with van der Waals surface area (Å²) in [5.74, 6) is 0.184. The van der Waals surface area contributed by atoms with Gasteiger partial charge in [0.05, 0.1) is 11.0 Å². The van der Waals surface area contributed by atoms with Crippen molar-refractivity contribution in [2.45, 2.75) is 19.1 Å². The summed E-state index contributed by atoms with van der Waals surface area (Å²) in [5, 5.41) is -0.128. The number of hydrogen-bond donors (Lipinski definition) is 0. The van der Waals surface area contributed by atoms with Crippen LogP contribution in [0.15, 0.2) is 24.3 Å². The van der Waals surface area contributed by atoms with Crippen LogP contribution in [0, 0.1) is 6.92 Å². The molecule has 17 heavy (non-hydrogen) atoms. The Bertz CT molecular complexity index is 506. The SMILES string of the molecule is Cc1cccc(C(C)S(=O)CCS(C)(=O)=O)c1. The first-order valence-corrected chi connectivity index (χ1v) is 8.85. The highest BCUT2D eigenvalue weighted by Crippen LogP contribution is 2.20. The maximum atomic E-state index is 11.9. The lowest BCUT2D eigenvalue weighted by atomic mass is 10.1. The summed E-state index contributed by atoms with van der Waals surface area (Å²) >= 11 is 0. The van der Waals surface area contributed by atoms with E-state index in [0.29, 0.717) is 0 Å². The van der Waals surface area contributed by atoms with Crippen molar-refractivity contribution in [2.24, 2.45) is 0 Å². The molecule has 0 fully saturated rings. The number of sulfone groups is 1. The monoisotopic (exact) mass is 274 g/mol. The lowest BCUT2D eigenvalue weighted by Crippen LogP contribution is -2.15. The van der Waals surface area contributed by atoms with Crippen molar-refractivity contribution < 1.29 is 12.6 Å². The zero-order valence-electron chi connectivity index (χ0n) is 10.3. The van der Waals surface area contributed by atoms with Gasteiger partial charge in [-0.05, 0) is 19.4 Å². The molecule has 0 aliphatic rings. The maximum Gasteiger partial charge on any atom is 0.148 e. The molecule has 0 aromatic heterocycles. The van der Waals surface area contributed by atoms with Crippen LogP contribution in [0.3, 0.4) is 0 Å². The van der Waals surface area contributed by atoms with Gasteiger partial charge in [0.25, 0.3) is 0 Å². The second-order valence-corrected chi connectivity index (χ2v) is 8.41. The summed E-state index contributed by atoms with van der Waals surface area (Å²) in [5.41, 5.74) is 2.12. The Balaban J connectivity index is 2.70. The van der Waals surface area contributed by atoms with Crippen molar-refractivity contribution in [3.63, 3.8) is 0 Å². The van der Waals surface area contributed by atoms with Crippen LogP contribution in [0.25, 0.3) is 0 Å². The molecule has 2 unspecified atom stereocenters. The molecule has 0 amide bonds. The Labute approximate surface area is 106 Å². The fourth-order valence-corrected chi connectivity index (χ4v) is 4.16. The summed E-state index contributed by atoms with van der Waals surface area (Å²) in [4.78, 5) is 0. The van der Waals surface area contributed by atoms with E-state index in [2.05, 4.69) is 0 Å². The lowest BCUT2D eigenvalue weighted by molar-refractivity contribution is 0.602. The molecule has 1 aromatic carbocycles. The first-order chi connectivity index (χ1) is 7.79. The van der Waals surface area contributed by atoms with E-state index in [4.69, 9.17) is 0 Å².